The van der Waals surface area contributed by atoms with Gasteiger partial charge in [0, 0.05) is 11.6 Å². The first kappa shape index (κ1) is 10.5. The summed E-state index contributed by atoms with van der Waals surface area (Å²) in [5, 5.41) is 1.79. The van der Waals surface area contributed by atoms with Crippen molar-refractivity contribution < 1.29 is 0 Å². The van der Waals surface area contributed by atoms with E-state index in [9.17, 15) is 0 Å². The van der Waals surface area contributed by atoms with Crippen molar-refractivity contribution in [2.75, 3.05) is 0 Å². The first-order valence-corrected chi connectivity index (χ1v) is 4.16. The van der Waals surface area contributed by atoms with E-state index in [0.717, 1.165) is 15.9 Å². The summed E-state index contributed by atoms with van der Waals surface area (Å²) in [6.45, 7) is 2.04. The molecule has 1 aromatic carbocycles. The Balaban J connectivity index is 0.000000845. The van der Waals surface area contributed by atoms with E-state index in [1.54, 1.807) is 6.20 Å². The Labute approximate surface area is 92.5 Å². The molecule has 0 saturated carbocycles. The third-order valence-electron chi connectivity index (χ3n) is 1.84. The van der Waals surface area contributed by atoms with E-state index >= 15 is 0 Å². The fourth-order valence-corrected chi connectivity index (χ4v) is 1.43. The predicted octanol–water partition coefficient (Wildman–Crippen LogP) is 3.77. The van der Waals surface area contributed by atoms with E-state index in [0.29, 0.717) is 0 Å². The highest BCUT2D eigenvalue weighted by Crippen LogP contribution is 2.21. The van der Waals surface area contributed by atoms with Crippen LogP contribution in [0, 0.1) is 6.92 Å². The van der Waals surface area contributed by atoms with Gasteiger partial charge in [0.1, 0.15) is 0 Å². The minimum absolute atomic E-state index is 0. The van der Waals surface area contributed by atoms with Crippen LogP contribution in [0.2, 0.25) is 5.02 Å². The maximum absolute atomic E-state index is 5.99. The Bertz CT molecular complexity index is 428. The maximum Gasteiger partial charge on any atom is 0.0717 e. The van der Waals surface area contributed by atoms with Crippen molar-refractivity contribution in [2.24, 2.45) is 0 Å². The molecule has 0 atom stereocenters. The van der Waals surface area contributed by atoms with Crippen molar-refractivity contribution in [2.45, 2.75) is 6.92 Å². The van der Waals surface area contributed by atoms with Crippen LogP contribution in [0.25, 0.3) is 10.9 Å². The van der Waals surface area contributed by atoms with Crippen LogP contribution in [0.5, 0.6) is 0 Å². The summed E-state index contributed by atoms with van der Waals surface area (Å²) in [6.07, 6.45) is 1.72. The van der Waals surface area contributed by atoms with Crippen molar-refractivity contribution in [3.8, 4) is 0 Å². The number of aryl methyl sites for hydroxylation is 1. The number of nitrogens with zero attached hydrogens (tertiary/aromatic N) is 1. The molecular formula is C10H9BrClN. The van der Waals surface area contributed by atoms with E-state index in [-0.39, 0.29) is 17.0 Å². The van der Waals surface area contributed by atoms with E-state index in [1.165, 1.54) is 5.56 Å². The zero-order valence-corrected chi connectivity index (χ0v) is 9.59. The van der Waals surface area contributed by atoms with E-state index < -0.39 is 0 Å². The molecule has 0 fully saturated rings. The molecule has 1 heterocycles. The molecule has 0 amide bonds. The van der Waals surface area contributed by atoms with Gasteiger partial charge in [0.25, 0.3) is 0 Å². The molecule has 13 heavy (non-hydrogen) atoms. The highest BCUT2D eigenvalue weighted by atomic mass is 79.9. The zero-order chi connectivity index (χ0) is 8.55. The second-order valence-electron chi connectivity index (χ2n) is 2.81. The summed E-state index contributed by atoms with van der Waals surface area (Å²) in [5.41, 5.74) is 2.16. The molecule has 3 heteroatoms. The molecule has 0 aliphatic carbocycles. The topological polar surface area (TPSA) is 12.9 Å². The Kier molecular flexibility index (Phi) is 3.28. The summed E-state index contributed by atoms with van der Waals surface area (Å²) in [4.78, 5) is 4.20. The molecule has 0 aliphatic heterocycles. The van der Waals surface area contributed by atoms with Gasteiger partial charge in [-0.2, -0.15) is 0 Å². The fourth-order valence-electron chi connectivity index (χ4n) is 1.23. The molecule has 0 N–H and O–H groups in total. The standard InChI is InChI=1S/C10H8ClN.BrH/c1-7-2-3-10-8(6-7)9(11)4-5-12-10;/h2-6H,1H3;1H. The van der Waals surface area contributed by atoms with Crippen LogP contribution in [0.3, 0.4) is 0 Å². The van der Waals surface area contributed by atoms with Crippen LogP contribution in [-0.2, 0) is 0 Å². The lowest BCUT2D eigenvalue weighted by molar-refractivity contribution is 1.39. The normalized spacial score (nSPS) is 9.69. The van der Waals surface area contributed by atoms with Gasteiger partial charge in [0.05, 0.1) is 10.5 Å². The lowest BCUT2D eigenvalue weighted by Gasteiger charge is -1.99. The molecule has 1 aromatic heterocycles. The van der Waals surface area contributed by atoms with Gasteiger partial charge in [-0.25, -0.2) is 0 Å². The Morgan fingerprint density at radius 2 is 2.00 bits per heavy atom. The molecule has 0 radical (unpaired) electrons. The third kappa shape index (κ3) is 2.01. The molecule has 0 saturated heterocycles. The van der Waals surface area contributed by atoms with Crippen molar-refractivity contribution >= 4 is 39.5 Å². The number of benzene rings is 1. The van der Waals surface area contributed by atoms with Crippen LogP contribution < -0.4 is 0 Å². The molecule has 0 unspecified atom stereocenters. The molecular weight excluding hydrogens is 249 g/mol. The molecule has 2 aromatic rings. The third-order valence-corrected chi connectivity index (χ3v) is 2.17. The van der Waals surface area contributed by atoms with Gasteiger partial charge in [0.15, 0.2) is 0 Å². The van der Waals surface area contributed by atoms with Crippen molar-refractivity contribution in [1.29, 1.82) is 0 Å². The summed E-state index contributed by atoms with van der Waals surface area (Å²) >= 11 is 5.99. The van der Waals surface area contributed by atoms with Crippen LogP contribution in [0.1, 0.15) is 5.56 Å². The first-order chi connectivity index (χ1) is 5.77. The minimum Gasteiger partial charge on any atom is -0.256 e. The highest BCUT2D eigenvalue weighted by Gasteiger charge is 1.98. The van der Waals surface area contributed by atoms with Crippen molar-refractivity contribution in [3.63, 3.8) is 0 Å². The molecule has 0 aliphatic rings. The number of halogens is 2. The minimum atomic E-state index is 0. The van der Waals surface area contributed by atoms with Crippen molar-refractivity contribution in [1.82, 2.24) is 4.98 Å². The Morgan fingerprint density at radius 1 is 1.23 bits per heavy atom. The van der Waals surface area contributed by atoms with E-state index in [1.807, 2.05) is 31.2 Å². The average molecular weight is 259 g/mol. The van der Waals surface area contributed by atoms with Gasteiger partial charge in [-0.15, -0.1) is 17.0 Å². The van der Waals surface area contributed by atoms with E-state index in [2.05, 4.69) is 4.98 Å². The zero-order valence-electron chi connectivity index (χ0n) is 7.12. The smallest absolute Gasteiger partial charge is 0.0717 e. The summed E-state index contributed by atoms with van der Waals surface area (Å²) < 4.78 is 0. The maximum atomic E-state index is 5.99. The molecule has 68 valence electrons. The van der Waals surface area contributed by atoms with Crippen molar-refractivity contribution in [3.05, 3.63) is 41.0 Å². The molecule has 1 nitrogen and oxygen atoms in total. The van der Waals surface area contributed by atoms with Gasteiger partial charge in [-0.05, 0) is 25.1 Å². The number of pyridine rings is 1. The fraction of sp³-hybridized carbons (Fsp3) is 0.100. The molecule has 2 rings (SSSR count). The quantitative estimate of drug-likeness (QED) is 0.701. The summed E-state index contributed by atoms with van der Waals surface area (Å²) in [5.74, 6) is 0. The average Bonchev–Trinajstić information content (AvgIpc) is 2.07. The molecule has 0 bridgehead atoms. The van der Waals surface area contributed by atoms with Crippen LogP contribution in [-0.4, -0.2) is 4.98 Å². The highest BCUT2D eigenvalue weighted by molar-refractivity contribution is 8.93. The number of hydrogen-bond donors (Lipinski definition) is 0. The summed E-state index contributed by atoms with van der Waals surface area (Å²) in [6, 6.07) is 7.87. The monoisotopic (exact) mass is 257 g/mol. The SMILES string of the molecule is Br.Cc1ccc2nccc(Cl)c2c1. The van der Waals surface area contributed by atoms with Crippen LogP contribution in [0.4, 0.5) is 0 Å². The largest absolute Gasteiger partial charge is 0.256 e. The second-order valence-corrected chi connectivity index (χ2v) is 3.22. The molecule has 0 spiro atoms. The predicted molar refractivity (Wildman–Crippen MR) is 61.8 cm³/mol. The number of fused-ring (bicyclic) bond motifs is 1. The van der Waals surface area contributed by atoms with Gasteiger partial charge in [0.2, 0.25) is 0 Å². The second kappa shape index (κ2) is 4.07. The van der Waals surface area contributed by atoms with Gasteiger partial charge in [-0.3, -0.25) is 4.98 Å². The number of aromatic nitrogens is 1. The Hall–Kier alpha value is -0.600. The van der Waals surface area contributed by atoms with E-state index in [4.69, 9.17) is 11.6 Å². The first-order valence-electron chi connectivity index (χ1n) is 3.78. The lowest BCUT2D eigenvalue weighted by Crippen LogP contribution is -1.79. The van der Waals surface area contributed by atoms with Gasteiger partial charge >= 0.3 is 0 Å². The van der Waals surface area contributed by atoms with Gasteiger partial charge in [-0.1, -0.05) is 23.2 Å². The Morgan fingerprint density at radius 3 is 2.77 bits per heavy atom. The van der Waals surface area contributed by atoms with Crippen LogP contribution in [0.15, 0.2) is 30.5 Å². The van der Waals surface area contributed by atoms with Gasteiger partial charge < -0.3 is 0 Å². The lowest BCUT2D eigenvalue weighted by atomic mass is 10.1. The number of rotatable bonds is 0. The summed E-state index contributed by atoms with van der Waals surface area (Å²) in [7, 11) is 0. The number of hydrogen-bond acceptors (Lipinski definition) is 1. The van der Waals surface area contributed by atoms with Crippen LogP contribution >= 0.6 is 28.6 Å².